The number of alkyl halides is 1. The molecule has 2 amide bonds. The number of halogens is 1. The summed E-state index contributed by atoms with van der Waals surface area (Å²) in [4.78, 5) is 25.1. The van der Waals surface area contributed by atoms with E-state index in [9.17, 15) is 9.59 Å². The van der Waals surface area contributed by atoms with Gasteiger partial charge in [0.25, 0.3) is 0 Å². The first-order chi connectivity index (χ1) is 9.21. The Kier molecular flexibility index (Phi) is 6.11. The van der Waals surface area contributed by atoms with Crippen molar-refractivity contribution in [1.82, 2.24) is 10.2 Å². The second kappa shape index (κ2) is 7.16. The minimum atomic E-state index is -0.494. The molecule has 0 radical (unpaired) electrons. The fraction of sp³-hybridized carbons (Fsp3) is 0.857. The zero-order valence-electron chi connectivity index (χ0n) is 12.7. The summed E-state index contributed by atoms with van der Waals surface area (Å²) in [5, 5.41) is 2.73. The molecule has 1 aliphatic heterocycles. The van der Waals surface area contributed by atoms with Gasteiger partial charge in [0, 0.05) is 31.9 Å². The molecule has 0 aliphatic carbocycles. The van der Waals surface area contributed by atoms with Crippen molar-refractivity contribution in [3.63, 3.8) is 0 Å². The van der Waals surface area contributed by atoms with Crippen molar-refractivity contribution >= 4 is 23.6 Å². The van der Waals surface area contributed by atoms with Gasteiger partial charge in [-0.15, -0.1) is 11.6 Å². The lowest BCUT2D eigenvalue weighted by atomic mass is 10.1. The van der Waals surface area contributed by atoms with Crippen LogP contribution in [0.25, 0.3) is 0 Å². The second-order valence-electron chi connectivity index (χ2n) is 6.51. The molecule has 0 aromatic carbocycles. The van der Waals surface area contributed by atoms with Gasteiger partial charge in [0.15, 0.2) is 0 Å². The normalized spacial score (nSPS) is 20.9. The number of hydrogen-bond acceptors (Lipinski definition) is 3. The first-order valence-electron chi connectivity index (χ1n) is 7.02. The largest absolute Gasteiger partial charge is 0.444 e. The molecule has 20 heavy (non-hydrogen) atoms. The Bertz CT molecular complexity index is 355. The van der Waals surface area contributed by atoms with Crippen molar-refractivity contribution < 1.29 is 14.3 Å². The molecule has 1 fully saturated rings. The van der Waals surface area contributed by atoms with Gasteiger partial charge in [0.05, 0.1) is 0 Å². The van der Waals surface area contributed by atoms with Crippen molar-refractivity contribution in [2.45, 2.75) is 39.7 Å². The Labute approximate surface area is 126 Å². The van der Waals surface area contributed by atoms with Crippen LogP contribution in [0.3, 0.4) is 0 Å². The molecule has 1 N–H and O–H groups in total. The molecule has 116 valence electrons. The van der Waals surface area contributed by atoms with Gasteiger partial charge in [-0.3, -0.25) is 4.79 Å². The van der Waals surface area contributed by atoms with Crippen LogP contribution in [0, 0.1) is 11.8 Å². The first-order valence-corrected chi connectivity index (χ1v) is 7.55. The standard InChI is InChI=1S/C14H25ClN2O3/c1-10(7-16-13(19)20-14(2,3)4)8-17-9-11(6-15)5-12(17)18/h10-11H,5-9H2,1-4H3,(H,16,19). The number of likely N-dealkylation sites (tertiary alicyclic amines) is 1. The van der Waals surface area contributed by atoms with E-state index in [1.807, 2.05) is 32.6 Å². The Hall–Kier alpha value is -0.970. The molecule has 1 heterocycles. The molecule has 0 spiro atoms. The van der Waals surface area contributed by atoms with Gasteiger partial charge >= 0.3 is 6.09 Å². The molecule has 0 aromatic heterocycles. The van der Waals surface area contributed by atoms with Crippen LogP contribution in [0.1, 0.15) is 34.1 Å². The third-order valence-electron chi connectivity index (χ3n) is 3.04. The molecule has 1 aliphatic rings. The fourth-order valence-electron chi connectivity index (χ4n) is 2.15. The summed E-state index contributed by atoms with van der Waals surface area (Å²) >= 11 is 5.79. The second-order valence-corrected chi connectivity index (χ2v) is 6.82. The minimum absolute atomic E-state index is 0.153. The van der Waals surface area contributed by atoms with Gasteiger partial charge in [-0.2, -0.15) is 0 Å². The van der Waals surface area contributed by atoms with E-state index in [0.29, 0.717) is 25.4 Å². The topological polar surface area (TPSA) is 58.6 Å². The van der Waals surface area contributed by atoms with Gasteiger partial charge in [-0.05, 0) is 32.6 Å². The van der Waals surface area contributed by atoms with Crippen LogP contribution in [0.15, 0.2) is 0 Å². The molecule has 1 saturated heterocycles. The van der Waals surface area contributed by atoms with Crippen molar-refractivity contribution in [3.8, 4) is 0 Å². The highest BCUT2D eigenvalue weighted by molar-refractivity contribution is 6.18. The molecule has 5 nitrogen and oxygen atoms in total. The van der Waals surface area contributed by atoms with E-state index >= 15 is 0 Å². The summed E-state index contributed by atoms with van der Waals surface area (Å²) in [7, 11) is 0. The van der Waals surface area contributed by atoms with Gasteiger partial charge < -0.3 is 15.0 Å². The summed E-state index contributed by atoms with van der Waals surface area (Å²) in [5.41, 5.74) is -0.494. The van der Waals surface area contributed by atoms with E-state index in [4.69, 9.17) is 16.3 Å². The molecule has 2 atom stereocenters. The third kappa shape index (κ3) is 5.99. The molecular formula is C14H25ClN2O3. The van der Waals surface area contributed by atoms with E-state index < -0.39 is 11.7 Å². The maximum atomic E-state index is 11.8. The number of nitrogens with one attached hydrogen (secondary N) is 1. The van der Waals surface area contributed by atoms with Crippen LogP contribution >= 0.6 is 11.6 Å². The SMILES string of the molecule is CC(CNC(=O)OC(C)(C)C)CN1CC(CCl)CC1=O. The lowest BCUT2D eigenvalue weighted by Crippen LogP contribution is -2.38. The Morgan fingerprint density at radius 2 is 2.20 bits per heavy atom. The third-order valence-corrected chi connectivity index (χ3v) is 3.48. The summed E-state index contributed by atoms with van der Waals surface area (Å²) in [6.07, 6.45) is 0.117. The number of carbonyl (C=O) groups excluding carboxylic acids is 2. The van der Waals surface area contributed by atoms with Crippen molar-refractivity contribution in [1.29, 1.82) is 0 Å². The maximum absolute atomic E-state index is 11.8. The number of rotatable bonds is 5. The lowest BCUT2D eigenvalue weighted by Gasteiger charge is -2.23. The Balaban J connectivity index is 2.28. The van der Waals surface area contributed by atoms with Gasteiger partial charge in [-0.25, -0.2) is 4.79 Å². The van der Waals surface area contributed by atoms with Crippen LogP contribution in [-0.4, -0.2) is 48.0 Å². The molecule has 1 rings (SSSR count). The number of ether oxygens (including phenoxy) is 1. The smallest absolute Gasteiger partial charge is 0.407 e. The zero-order valence-corrected chi connectivity index (χ0v) is 13.5. The van der Waals surface area contributed by atoms with Crippen LogP contribution in [0.4, 0.5) is 4.79 Å². The Morgan fingerprint density at radius 3 is 2.70 bits per heavy atom. The molecular weight excluding hydrogens is 280 g/mol. The van der Waals surface area contributed by atoms with Crippen molar-refractivity contribution in [3.05, 3.63) is 0 Å². The average Bonchev–Trinajstić information content (AvgIpc) is 2.65. The van der Waals surface area contributed by atoms with E-state index in [1.54, 1.807) is 0 Å². The highest BCUT2D eigenvalue weighted by Crippen LogP contribution is 2.19. The van der Waals surface area contributed by atoms with E-state index in [-0.39, 0.29) is 17.7 Å². The number of alkyl carbamates (subject to hydrolysis) is 1. The summed E-state index contributed by atoms with van der Waals surface area (Å²) < 4.78 is 5.17. The number of hydrogen-bond donors (Lipinski definition) is 1. The average molecular weight is 305 g/mol. The quantitative estimate of drug-likeness (QED) is 0.792. The highest BCUT2D eigenvalue weighted by Gasteiger charge is 2.29. The van der Waals surface area contributed by atoms with Crippen LogP contribution < -0.4 is 5.32 Å². The van der Waals surface area contributed by atoms with Crippen molar-refractivity contribution in [2.24, 2.45) is 11.8 Å². The predicted molar refractivity (Wildman–Crippen MR) is 78.8 cm³/mol. The van der Waals surface area contributed by atoms with Gasteiger partial charge in [-0.1, -0.05) is 6.92 Å². The first kappa shape index (κ1) is 17.1. The Morgan fingerprint density at radius 1 is 1.55 bits per heavy atom. The molecule has 0 bridgehead atoms. The maximum Gasteiger partial charge on any atom is 0.407 e. The molecule has 2 unspecified atom stereocenters. The number of amides is 2. The number of carbonyl (C=O) groups is 2. The fourth-order valence-corrected chi connectivity index (χ4v) is 2.35. The van der Waals surface area contributed by atoms with Gasteiger partial charge in [0.2, 0.25) is 5.91 Å². The monoisotopic (exact) mass is 304 g/mol. The van der Waals surface area contributed by atoms with E-state index in [0.717, 1.165) is 6.54 Å². The van der Waals surface area contributed by atoms with Crippen molar-refractivity contribution in [2.75, 3.05) is 25.5 Å². The highest BCUT2D eigenvalue weighted by atomic mass is 35.5. The summed E-state index contributed by atoms with van der Waals surface area (Å²) in [5.74, 6) is 1.11. The van der Waals surface area contributed by atoms with Crippen LogP contribution in [0.5, 0.6) is 0 Å². The minimum Gasteiger partial charge on any atom is -0.444 e. The summed E-state index contributed by atoms with van der Waals surface area (Å²) in [6.45, 7) is 9.33. The molecule has 0 saturated carbocycles. The van der Waals surface area contributed by atoms with E-state index in [2.05, 4.69) is 5.32 Å². The van der Waals surface area contributed by atoms with Gasteiger partial charge in [0.1, 0.15) is 5.60 Å². The zero-order chi connectivity index (χ0) is 15.3. The summed E-state index contributed by atoms with van der Waals surface area (Å²) in [6, 6.07) is 0. The predicted octanol–water partition coefficient (Wildman–Crippen LogP) is 2.23. The molecule has 0 aromatic rings. The lowest BCUT2D eigenvalue weighted by molar-refractivity contribution is -0.128. The van der Waals surface area contributed by atoms with Crippen LogP contribution in [0.2, 0.25) is 0 Å². The van der Waals surface area contributed by atoms with E-state index in [1.165, 1.54) is 0 Å². The molecule has 6 heteroatoms. The number of nitrogens with zero attached hydrogens (tertiary/aromatic N) is 1. The van der Waals surface area contributed by atoms with Crippen LogP contribution in [-0.2, 0) is 9.53 Å².